The summed E-state index contributed by atoms with van der Waals surface area (Å²) in [5.74, 6) is 0. The summed E-state index contributed by atoms with van der Waals surface area (Å²) in [6.45, 7) is 1.62. The second-order valence-electron chi connectivity index (χ2n) is 2.60. The summed E-state index contributed by atoms with van der Waals surface area (Å²) in [4.78, 5) is 1.67. The molecule has 0 bridgehead atoms. The normalized spacial score (nSPS) is 20.4. The maximum atomic E-state index is 5.21. The van der Waals surface area contributed by atoms with Crippen molar-refractivity contribution in [1.82, 2.24) is 20.2 Å². The minimum Gasteiger partial charge on any atom is -0.381 e. The van der Waals surface area contributed by atoms with Gasteiger partial charge in [-0.15, -0.1) is 10.2 Å². The Morgan fingerprint density at radius 1 is 1.36 bits per heavy atom. The number of tetrazole rings is 1. The minimum absolute atomic E-state index is 0.395. The smallest absolute Gasteiger partial charge is 0.162 e. The Morgan fingerprint density at radius 3 is 2.82 bits per heavy atom. The standard InChI is InChI=1S/C6H10N4O/c1-3-11-4-2-6(1)10-8-5-7-9-10/h5-6H,1-4H2. The van der Waals surface area contributed by atoms with Crippen molar-refractivity contribution < 1.29 is 4.74 Å². The molecule has 1 aromatic rings. The van der Waals surface area contributed by atoms with Gasteiger partial charge in [0.2, 0.25) is 0 Å². The molecule has 60 valence electrons. The number of rotatable bonds is 1. The van der Waals surface area contributed by atoms with Gasteiger partial charge in [0.25, 0.3) is 0 Å². The SMILES string of the molecule is c1nnn(C2CCOCC2)n1. The molecule has 0 aromatic carbocycles. The summed E-state index contributed by atoms with van der Waals surface area (Å²) in [7, 11) is 0. The van der Waals surface area contributed by atoms with Gasteiger partial charge in [0.1, 0.15) is 0 Å². The van der Waals surface area contributed by atoms with Crippen LogP contribution in [-0.2, 0) is 4.74 Å². The summed E-state index contributed by atoms with van der Waals surface area (Å²) < 4.78 is 5.21. The van der Waals surface area contributed by atoms with Crippen LogP contribution in [0, 0.1) is 0 Å². The van der Waals surface area contributed by atoms with Crippen molar-refractivity contribution in [2.24, 2.45) is 0 Å². The Kier molecular flexibility index (Phi) is 1.81. The molecule has 2 heterocycles. The highest BCUT2D eigenvalue weighted by molar-refractivity contribution is 4.64. The van der Waals surface area contributed by atoms with Gasteiger partial charge in [-0.2, -0.15) is 4.80 Å². The van der Waals surface area contributed by atoms with E-state index in [-0.39, 0.29) is 0 Å². The molecule has 1 fully saturated rings. The molecule has 0 radical (unpaired) electrons. The molecule has 0 spiro atoms. The molecule has 0 amide bonds. The van der Waals surface area contributed by atoms with Gasteiger partial charge >= 0.3 is 0 Å². The van der Waals surface area contributed by atoms with E-state index in [4.69, 9.17) is 4.74 Å². The van der Waals surface area contributed by atoms with E-state index < -0.39 is 0 Å². The predicted molar refractivity (Wildman–Crippen MR) is 36.9 cm³/mol. The van der Waals surface area contributed by atoms with Crippen LogP contribution in [0.25, 0.3) is 0 Å². The first-order valence-electron chi connectivity index (χ1n) is 3.77. The summed E-state index contributed by atoms with van der Waals surface area (Å²) in [5.41, 5.74) is 0. The first kappa shape index (κ1) is 6.72. The molecule has 2 rings (SSSR count). The molecule has 0 aliphatic carbocycles. The van der Waals surface area contributed by atoms with Crippen molar-refractivity contribution in [2.75, 3.05) is 13.2 Å². The third-order valence-corrected chi connectivity index (χ3v) is 1.88. The highest BCUT2D eigenvalue weighted by Gasteiger charge is 2.16. The third kappa shape index (κ3) is 1.37. The number of hydrogen-bond acceptors (Lipinski definition) is 4. The van der Waals surface area contributed by atoms with Gasteiger partial charge in [0, 0.05) is 13.2 Å². The molecule has 1 aromatic heterocycles. The second-order valence-corrected chi connectivity index (χ2v) is 2.60. The molecule has 0 saturated carbocycles. The maximum Gasteiger partial charge on any atom is 0.162 e. The zero-order valence-electron chi connectivity index (χ0n) is 6.18. The molecule has 0 N–H and O–H groups in total. The van der Waals surface area contributed by atoms with Crippen molar-refractivity contribution >= 4 is 0 Å². The lowest BCUT2D eigenvalue weighted by Gasteiger charge is -2.19. The van der Waals surface area contributed by atoms with Crippen molar-refractivity contribution in [1.29, 1.82) is 0 Å². The molecule has 1 aliphatic rings. The van der Waals surface area contributed by atoms with E-state index in [1.54, 1.807) is 4.80 Å². The molecule has 5 nitrogen and oxygen atoms in total. The molecular weight excluding hydrogens is 144 g/mol. The number of aromatic nitrogens is 4. The summed E-state index contributed by atoms with van der Waals surface area (Å²) in [5, 5.41) is 11.5. The second kappa shape index (κ2) is 2.96. The van der Waals surface area contributed by atoms with Crippen LogP contribution in [-0.4, -0.2) is 33.4 Å². The fourth-order valence-electron chi connectivity index (χ4n) is 1.26. The molecule has 0 unspecified atom stereocenters. The first-order chi connectivity index (χ1) is 5.47. The van der Waals surface area contributed by atoms with Crippen LogP contribution in [0.2, 0.25) is 0 Å². The summed E-state index contributed by atoms with van der Waals surface area (Å²) in [6, 6.07) is 0.395. The van der Waals surface area contributed by atoms with Crippen molar-refractivity contribution in [3.8, 4) is 0 Å². The largest absolute Gasteiger partial charge is 0.381 e. The van der Waals surface area contributed by atoms with Crippen LogP contribution in [0.15, 0.2) is 6.33 Å². The maximum absolute atomic E-state index is 5.21. The molecule has 5 heteroatoms. The quantitative estimate of drug-likeness (QED) is 0.572. The highest BCUT2D eigenvalue weighted by atomic mass is 16.5. The van der Waals surface area contributed by atoms with Crippen LogP contribution in [0.1, 0.15) is 18.9 Å². The van der Waals surface area contributed by atoms with Gasteiger partial charge in [-0.05, 0) is 18.1 Å². The van der Waals surface area contributed by atoms with Crippen LogP contribution in [0.5, 0.6) is 0 Å². The van der Waals surface area contributed by atoms with Gasteiger partial charge in [-0.1, -0.05) is 0 Å². The monoisotopic (exact) mass is 154 g/mol. The molecule has 0 atom stereocenters. The number of nitrogens with zero attached hydrogens (tertiary/aromatic N) is 4. The van der Waals surface area contributed by atoms with E-state index >= 15 is 0 Å². The fourth-order valence-corrected chi connectivity index (χ4v) is 1.26. The van der Waals surface area contributed by atoms with Crippen LogP contribution in [0.4, 0.5) is 0 Å². The predicted octanol–water partition coefficient (Wildman–Crippen LogP) is 0.0246. The van der Waals surface area contributed by atoms with Gasteiger partial charge < -0.3 is 4.74 Å². The van der Waals surface area contributed by atoms with Crippen LogP contribution < -0.4 is 0 Å². The topological polar surface area (TPSA) is 52.8 Å². The Labute approximate surface area is 64.3 Å². The Morgan fingerprint density at radius 2 is 2.18 bits per heavy atom. The van der Waals surface area contributed by atoms with Gasteiger partial charge in [-0.3, -0.25) is 0 Å². The summed E-state index contributed by atoms with van der Waals surface area (Å²) >= 11 is 0. The lowest BCUT2D eigenvalue weighted by atomic mass is 10.1. The van der Waals surface area contributed by atoms with Crippen LogP contribution in [0.3, 0.4) is 0 Å². The van der Waals surface area contributed by atoms with E-state index in [1.807, 2.05) is 0 Å². The summed E-state index contributed by atoms with van der Waals surface area (Å²) in [6.07, 6.45) is 3.46. The number of hydrogen-bond donors (Lipinski definition) is 0. The average molecular weight is 154 g/mol. The Bertz CT molecular complexity index is 204. The molecular formula is C6H10N4O. The molecule has 1 saturated heterocycles. The Balaban J connectivity index is 2.04. The highest BCUT2D eigenvalue weighted by Crippen LogP contribution is 2.17. The lowest BCUT2D eigenvalue weighted by molar-refractivity contribution is 0.0616. The zero-order chi connectivity index (χ0) is 7.52. The lowest BCUT2D eigenvalue weighted by Crippen LogP contribution is -2.21. The van der Waals surface area contributed by atoms with Gasteiger partial charge in [0.05, 0.1) is 6.04 Å². The van der Waals surface area contributed by atoms with Gasteiger partial charge in [0.15, 0.2) is 6.33 Å². The van der Waals surface area contributed by atoms with Crippen molar-refractivity contribution in [3.05, 3.63) is 6.33 Å². The van der Waals surface area contributed by atoms with Crippen molar-refractivity contribution in [2.45, 2.75) is 18.9 Å². The molecule has 11 heavy (non-hydrogen) atoms. The minimum atomic E-state index is 0.395. The fraction of sp³-hybridized carbons (Fsp3) is 0.833. The first-order valence-corrected chi connectivity index (χ1v) is 3.77. The molecule has 1 aliphatic heterocycles. The van der Waals surface area contributed by atoms with E-state index in [2.05, 4.69) is 15.4 Å². The van der Waals surface area contributed by atoms with Crippen LogP contribution >= 0.6 is 0 Å². The number of ether oxygens (including phenoxy) is 1. The van der Waals surface area contributed by atoms with E-state index in [0.29, 0.717) is 6.04 Å². The van der Waals surface area contributed by atoms with E-state index in [1.165, 1.54) is 6.33 Å². The zero-order valence-corrected chi connectivity index (χ0v) is 6.18. The van der Waals surface area contributed by atoms with E-state index in [9.17, 15) is 0 Å². The van der Waals surface area contributed by atoms with Gasteiger partial charge in [-0.25, -0.2) is 0 Å². The van der Waals surface area contributed by atoms with Crippen molar-refractivity contribution in [3.63, 3.8) is 0 Å². The Hall–Kier alpha value is -0.970. The third-order valence-electron chi connectivity index (χ3n) is 1.88. The van der Waals surface area contributed by atoms with E-state index in [0.717, 1.165) is 26.1 Å². The average Bonchev–Trinajstić information content (AvgIpc) is 2.58.